The molecule has 0 aromatic rings. The summed E-state index contributed by atoms with van der Waals surface area (Å²) in [7, 11) is 0. The summed E-state index contributed by atoms with van der Waals surface area (Å²) in [6, 6.07) is 0. The van der Waals surface area contributed by atoms with Crippen LogP contribution in [0.2, 0.25) is 0 Å². The fourth-order valence-electron chi connectivity index (χ4n) is 2.31. The van der Waals surface area contributed by atoms with E-state index in [1.165, 1.54) is 0 Å². The highest BCUT2D eigenvalue weighted by Gasteiger charge is 2.33. The van der Waals surface area contributed by atoms with Crippen LogP contribution in [-0.4, -0.2) is 23.5 Å². The van der Waals surface area contributed by atoms with Crippen LogP contribution in [0.15, 0.2) is 0 Å². The van der Waals surface area contributed by atoms with Gasteiger partial charge in [-0.15, -0.1) is 0 Å². The molecule has 0 bridgehead atoms. The number of rotatable bonds is 6. The molecule has 0 unspecified atom stereocenters. The Balaban J connectivity index is 2.19. The molecule has 1 aliphatic carbocycles. The standard InChI is InChI=1S/C13H23NO3/c1-9(2)4-3-7-14-12(15)10-5-6-11(8-10)13(16)17/h9-11H,3-8H2,1-2H3,(H,14,15)(H,16,17)/t10-,11+/m1/s1. The van der Waals surface area contributed by atoms with Gasteiger partial charge in [-0.05, 0) is 38.0 Å². The lowest BCUT2D eigenvalue weighted by molar-refractivity contribution is -0.141. The van der Waals surface area contributed by atoms with Gasteiger partial charge >= 0.3 is 5.97 Å². The van der Waals surface area contributed by atoms with Crippen molar-refractivity contribution in [3.8, 4) is 0 Å². The molecule has 1 fully saturated rings. The first-order valence-electron chi connectivity index (χ1n) is 6.51. The van der Waals surface area contributed by atoms with Gasteiger partial charge in [0.05, 0.1) is 5.92 Å². The molecule has 4 nitrogen and oxygen atoms in total. The molecular formula is C13H23NO3. The first-order chi connectivity index (χ1) is 8.00. The molecule has 1 rings (SSSR count). The molecule has 2 atom stereocenters. The molecular weight excluding hydrogens is 218 g/mol. The van der Waals surface area contributed by atoms with Crippen LogP contribution in [0, 0.1) is 17.8 Å². The van der Waals surface area contributed by atoms with Crippen LogP contribution in [0.5, 0.6) is 0 Å². The molecule has 0 aromatic carbocycles. The van der Waals surface area contributed by atoms with Crippen LogP contribution < -0.4 is 5.32 Å². The lowest BCUT2D eigenvalue weighted by atomic mass is 10.0. The Labute approximate surface area is 103 Å². The normalized spacial score (nSPS) is 23.9. The second kappa shape index (κ2) is 6.62. The number of carboxylic acid groups (broad SMARTS) is 1. The Bertz CT molecular complexity index is 276. The zero-order valence-electron chi connectivity index (χ0n) is 10.7. The van der Waals surface area contributed by atoms with Gasteiger partial charge in [0.1, 0.15) is 0 Å². The summed E-state index contributed by atoms with van der Waals surface area (Å²) in [5, 5.41) is 11.8. The molecule has 1 aliphatic rings. The third-order valence-corrected chi connectivity index (χ3v) is 3.41. The van der Waals surface area contributed by atoms with Crippen molar-refractivity contribution in [1.29, 1.82) is 0 Å². The zero-order valence-corrected chi connectivity index (χ0v) is 10.7. The number of carboxylic acids is 1. The predicted molar refractivity (Wildman–Crippen MR) is 65.5 cm³/mol. The first-order valence-corrected chi connectivity index (χ1v) is 6.51. The lowest BCUT2D eigenvalue weighted by Crippen LogP contribution is -2.30. The van der Waals surface area contributed by atoms with E-state index in [4.69, 9.17) is 5.11 Å². The maximum atomic E-state index is 11.8. The molecule has 1 amide bonds. The van der Waals surface area contributed by atoms with Crippen LogP contribution in [0.1, 0.15) is 46.0 Å². The van der Waals surface area contributed by atoms with E-state index in [-0.39, 0.29) is 17.7 Å². The van der Waals surface area contributed by atoms with Crippen molar-refractivity contribution in [2.45, 2.75) is 46.0 Å². The fraction of sp³-hybridized carbons (Fsp3) is 0.846. The van der Waals surface area contributed by atoms with Crippen molar-refractivity contribution in [3.63, 3.8) is 0 Å². The molecule has 2 N–H and O–H groups in total. The quantitative estimate of drug-likeness (QED) is 0.699. The van der Waals surface area contributed by atoms with Gasteiger partial charge in [0, 0.05) is 12.5 Å². The highest BCUT2D eigenvalue weighted by atomic mass is 16.4. The van der Waals surface area contributed by atoms with Gasteiger partial charge in [-0.1, -0.05) is 13.8 Å². The monoisotopic (exact) mass is 241 g/mol. The summed E-state index contributed by atoms with van der Waals surface area (Å²) < 4.78 is 0. The van der Waals surface area contributed by atoms with Crippen molar-refractivity contribution >= 4 is 11.9 Å². The van der Waals surface area contributed by atoms with E-state index in [0.29, 0.717) is 31.7 Å². The molecule has 98 valence electrons. The number of nitrogens with one attached hydrogen (secondary N) is 1. The molecule has 1 saturated carbocycles. The van der Waals surface area contributed by atoms with Gasteiger partial charge in [0.25, 0.3) is 0 Å². The number of carbonyl (C=O) groups is 2. The van der Waals surface area contributed by atoms with Gasteiger partial charge < -0.3 is 10.4 Å². The highest BCUT2D eigenvalue weighted by molar-refractivity contribution is 5.80. The van der Waals surface area contributed by atoms with Crippen molar-refractivity contribution in [3.05, 3.63) is 0 Å². The average molecular weight is 241 g/mol. The van der Waals surface area contributed by atoms with Gasteiger partial charge in [0.2, 0.25) is 5.91 Å². The summed E-state index contributed by atoms with van der Waals surface area (Å²) in [5.74, 6) is -0.469. The third-order valence-electron chi connectivity index (χ3n) is 3.41. The second-order valence-electron chi connectivity index (χ2n) is 5.37. The van der Waals surface area contributed by atoms with E-state index >= 15 is 0 Å². The van der Waals surface area contributed by atoms with E-state index < -0.39 is 5.97 Å². The Hall–Kier alpha value is -1.06. The summed E-state index contributed by atoms with van der Waals surface area (Å²) >= 11 is 0. The third kappa shape index (κ3) is 4.75. The number of aliphatic carboxylic acids is 1. The van der Waals surface area contributed by atoms with E-state index in [9.17, 15) is 9.59 Å². The molecule has 0 spiro atoms. The van der Waals surface area contributed by atoms with E-state index in [2.05, 4.69) is 19.2 Å². The Morgan fingerprint density at radius 2 is 1.94 bits per heavy atom. The molecule has 4 heteroatoms. The molecule has 0 aliphatic heterocycles. The van der Waals surface area contributed by atoms with Crippen LogP contribution in [-0.2, 0) is 9.59 Å². The summed E-state index contributed by atoms with van der Waals surface area (Å²) in [5.41, 5.74) is 0. The van der Waals surface area contributed by atoms with Crippen molar-refractivity contribution in [2.75, 3.05) is 6.54 Å². The smallest absolute Gasteiger partial charge is 0.306 e. The number of hydrogen-bond acceptors (Lipinski definition) is 2. The van der Waals surface area contributed by atoms with Crippen molar-refractivity contribution < 1.29 is 14.7 Å². The Morgan fingerprint density at radius 3 is 2.47 bits per heavy atom. The Morgan fingerprint density at radius 1 is 1.29 bits per heavy atom. The van der Waals surface area contributed by atoms with E-state index in [0.717, 1.165) is 12.8 Å². The average Bonchev–Trinajstić information content (AvgIpc) is 2.73. The van der Waals surface area contributed by atoms with Gasteiger partial charge in [0.15, 0.2) is 0 Å². The lowest BCUT2D eigenvalue weighted by Gasteiger charge is -2.11. The molecule has 0 aromatic heterocycles. The number of carbonyl (C=O) groups excluding carboxylic acids is 1. The minimum absolute atomic E-state index is 0.0394. The summed E-state index contributed by atoms with van der Waals surface area (Å²) in [6.45, 7) is 5.04. The second-order valence-corrected chi connectivity index (χ2v) is 5.37. The van der Waals surface area contributed by atoms with Crippen LogP contribution >= 0.6 is 0 Å². The molecule has 17 heavy (non-hydrogen) atoms. The van der Waals surface area contributed by atoms with Gasteiger partial charge in [-0.3, -0.25) is 9.59 Å². The fourth-order valence-corrected chi connectivity index (χ4v) is 2.31. The SMILES string of the molecule is CC(C)CCCNC(=O)[C@@H]1CC[C@H](C(=O)O)C1. The molecule has 0 radical (unpaired) electrons. The van der Waals surface area contributed by atoms with Crippen LogP contribution in [0.4, 0.5) is 0 Å². The maximum absolute atomic E-state index is 11.8. The topological polar surface area (TPSA) is 66.4 Å². The van der Waals surface area contributed by atoms with Gasteiger partial charge in [-0.25, -0.2) is 0 Å². The summed E-state index contributed by atoms with van der Waals surface area (Å²) in [6.07, 6.45) is 3.97. The predicted octanol–water partition coefficient (Wildman–Crippen LogP) is 2.04. The van der Waals surface area contributed by atoms with Crippen molar-refractivity contribution in [2.24, 2.45) is 17.8 Å². The van der Waals surface area contributed by atoms with E-state index in [1.54, 1.807) is 0 Å². The molecule has 0 heterocycles. The minimum atomic E-state index is -0.764. The first kappa shape index (κ1) is 14.0. The highest BCUT2D eigenvalue weighted by Crippen LogP contribution is 2.31. The number of amides is 1. The zero-order chi connectivity index (χ0) is 12.8. The van der Waals surface area contributed by atoms with Crippen molar-refractivity contribution in [1.82, 2.24) is 5.32 Å². The Kier molecular flexibility index (Phi) is 5.45. The van der Waals surface area contributed by atoms with Crippen LogP contribution in [0.25, 0.3) is 0 Å². The number of hydrogen-bond donors (Lipinski definition) is 2. The van der Waals surface area contributed by atoms with Crippen LogP contribution in [0.3, 0.4) is 0 Å². The largest absolute Gasteiger partial charge is 0.481 e. The van der Waals surface area contributed by atoms with E-state index in [1.807, 2.05) is 0 Å². The van der Waals surface area contributed by atoms with Gasteiger partial charge in [-0.2, -0.15) is 0 Å². The molecule has 0 saturated heterocycles. The summed E-state index contributed by atoms with van der Waals surface area (Å²) in [4.78, 5) is 22.5. The maximum Gasteiger partial charge on any atom is 0.306 e. The minimum Gasteiger partial charge on any atom is -0.481 e.